The summed E-state index contributed by atoms with van der Waals surface area (Å²) in [6, 6.07) is 9.22. The summed E-state index contributed by atoms with van der Waals surface area (Å²) in [5, 5.41) is 3.42. The van der Waals surface area contributed by atoms with Crippen LogP contribution in [0.25, 0.3) is 0 Å². The highest BCUT2D eigenvalue weighted by Gasteiger charge is 2.10. The zero-order valence-corrected chi connectivity index (χ0v) is 19.2. The van der Waals surface area contributed by atoms with Crippen LogP contribution in [-0.4, -0.2) is 12.5 Å². The highest BCUT2D eigenvalue weighted by molar-refractivity contribution is 6.32. The second kappa shape index (κ2) is 14.0. The molecule has 1 heterocycles. The fraction of sp³-hybridized carbons (Fsp3) is 0.520. The number of carbonyl (C=O) groups excluding carboxylic acids is 1. The van der Waals surface area contributed by atoms with Crippen molar-refractivity contribution < 1.29 is 14.1 Å². The third-order valence-electron chi connectivity index (χ3n) is 5.19. The number of carbonyl (C=O) groups is 1. The first kappa shape index (κ1) is 24.2. The van der Waals surface area contributed by atoms with Gasteiger partial charge in [0.15, 0.2) is 12.4 Å². The normalized spacial score (nSPS) is 10.8. The molecule has 0 unspecified atom stereocenters. The molecule has 2 rings (SSSR count). The number of aromatic nitrogens is 1. The molecular formula is C25H36ClN2O2+. The van der Waals surface area contributed by atoms with Crippen molar-refractivity contribution in [1.29, 1.82) is 0 Å². The van der Waals surface area contributed by atoms with Crippen LogP contribution in [0.1, 0.15) is 81.1 Å². The molecular weight excluding hydrogens is 396 g/mol. The lowest BCUT2D eigenvalue weighted by Crippen LogP contribution is -2.32. The first-order chi connectivity index (χ1) is 14.6. The molecule has 0 aliphatic heterocycles. The quantitative estimate of drug-likeness (QED) is 0.290. The van der Waals surface area contributed by atoms with Crippen molar-refractivity contribution in [3.05, 3.63) is 58.9 Å². The van der Waals surface area contributed by atoms with Gasteiger partial charge >= 0.3 is 0 Å². The minimum Gasteiger partial charge on any atom is -0.492 e. The Kier molecular flexibility index (Phi) is 11.3. The maximum absolute atomic E-state index is 12.4. The van der Waals surface area contributed by atoms with E-state index < -0.39 is 0 Å². The number of amides is 1. The molecule has 0 aliphatic rings. The van der Waals surface area contributed by atoms with Crippen LogP contribution in [0, 0.1) is 0 Å². The predicted molar refractivity (Wildman–Crippen MR) is 123 cm³/mol. The molecule has 0 atom stereocenters. The van der Waals surface area contributed by atoms with Crippen LogP contribution in [0.2, 0.25) is 5.02 Å². The molecule has 0 aliphatic carbocycles. The number of halogens is 1. The molecule has 164 valence electrons. The van der Waals surface area contributed by atoms with Crippen molar-refractivity contribution >= 4 is 17.5 Å². The van der Waals surface area contributed by atoms with Crippen LogP contribution in [0.5, 0.6) is 5.75 Å². The SMILES string of the molecule is CCCCCCCCCCOc1ccc(C(=O)NCc2ccc[n+](CC)c2)cc1Cl. The molecule has 2 aromatic rings. The Bertz CT molecular complexity index is 779. The lowest BCUT2D eigenvalue weighted by Gasteiger charge is -2.10. The number of rotatable bonds is 14. The largest absolute Gasteiger partial charge is 0.492 e. The number of unbranched alkanes of at least 4 members (excludes halogenated alkanes) is 7. The van der Waals surface area contributed by atoms with Gasteiger partial charge in [0.05, 0.1) is 11.6 Å². The van der Waals surface area contributed by atoms with Crippen LogP contribution < -0.4 is 14.6 Å². The Morgan fingerprint density at radius 1 is 1.03 bits per heavy atom. The van der Waals surface area contributed by atoms with E-state index in [2.05, 4.69) is 23.7 Å². The molecule has 0 fully saturated rings. The van der Waals surface area contributed by atoms with Gasteiger partial charge in [0.1, 0.15) is 12.3 Å². The molecule has 1 amide bonds. The van der Waals surface area contributed by atoms with E-state index in [1.807, 2.05) is 24.5 Å². The standard InChI is InChI=1S/C25H35ClN2O2/c1-3-5-6-7-8-9-10-11-17-30-24-15-14-22(18-23(24)26)25(29)27-19-21-13-12-16-28(4-2)20-21/h12-16,18,20H,3-11,17,19H2,1-2H3/p+1. The lowest BCUT2D eigenvalue weighted by molar-refractivity contribution is -0.694. The lowest BCUT2D eigenvalue weighted by atomic mass is 10.1. The van der Waals surface area contributed by atoms with Gasteiger partial charge in [-0.3, -0.25) is 4.79 Å². The highest BCUT2D eigenvalue weighted by Crippen LogP contribution is 2.26. The van der Waals surface area contributed by atoms with E-state index in [0.29, 0.717) is 29.5 Å². The molecule has 0 spiro atoms. The molecule has 0 radical (unpaired) electrons. The summed E-state index contributed by atoms with van der Waals surface area (Å²) in [5.74, 6) is 0.502. The Hall–Kier alpha value is -2.07. The van der Waals surface area contributed by atoms with Crippen LogP contribution in [-0.2, 0) is 13.1 Å². The van der Waals surface area contributed by atoms with Crippen LogP contribution >= 0.6 is 11.6 Å². The zero-order chi connectivity index (χ0) is 21.6. The average Bonchev–Trinajstić information content (AvgIpc) is 2.77. The minimum absolute atomic E-state index is 0.140. The van der Waals surface area contributed by atoms with Gasteiger partial charge in [0.25, 0.3) is 5.91 Å². The number of hydrogen-bond donors (Lipinski definition) is 1. The fourth-order valence-electron chi connectivity index (χ4n) is 3.34. The van der Waals surface area contributed by atoms with E-state index in [9.17, 15) is 4.79 Å². The third-order valence-corrected chi connectivity index (χ3v) is 5.48. The summed E-state index contributed by atoms with van der Waals surface area (Å²) in [5.41, 5.74) is 1.60. The Balaban J connectivity index is 1.71. The van der Waals surface area contributed by atoms with Gasteiger partial charge in [0, 0.05) is 23.7 Å². The van der Waals surface area contributed by atoms with Gasteiger partial charge in [-0.15, -0.1) is 0 Å². The first-order valence-corrected chi connectivity index (χ1v) is 11.7. The smallest absolute Gasteiger partial charge is 0.251 e. The van der Waals surface area contributed by atoms with Crippen LogP contribution in [0.3, 0.4) is 0 Å². The second-order valence-corrected chi connectivity index (χ2v) is 8.10. The maximum atomic E-state index is 12.4. The molecule has 30 heavy (non-hydrogen) atoms. The number of hydrogen-bond acceptors (Lipinski definition) is 2. The summed E-state index contributed by atoms with van der Waals surface area (Å²) in [6.45, 7) is 6.37. The van der Waals surface area contributed by atoms with Crippen molar-refractivity contribution in [2.75, 3.05) is 6.61 Å². The van der Waals surface area contributed by atoms with E-state index in [-0.39, 0.29) is 5.91 Å². The van der Waals surface area contributed by atoms with Crippen LogP contribution in [0.4, 0.5) is 0 Å². The van der Waals surface area contributed by atoms with E-state index in [4.69, 9.17) is 16.3 Å². The fourth-order valence-corrected chi connectivity index (χ4v) is 3.57. The van der Waals surface area contributed by atoms with Crippen molar-refractivity contribution in [3.63, 3.8) is 0 Å². The first-order valence-electron chi connectivity index (χ1n) is 11.3. The van der Waals surface area contributed by atoms with Gasteiger partial charge in [-0.1, -0.05) is 63.5 Å². The summed E-state index contributed by atoms with van der Waals surface area (Å²) in [6.07, 6.45) is 14.2. The molecule has 1 N–H and O–H groups in total. The number of aryl methyl sites for hydroxylation is 1. The molecule has 1 aromatic heterocycles. The summed E-state index contributed by atoms with van der Waals surface area (Å²) < 4.78 is 7.89. The van der Waals surface area contributed by atoms with Gasteiger partial charge in [0.2, 0.25) is 0 Å². The molecule has 5 heteroatoms. The highest BCUT2D eigenvalue weighted by atomic mass is 35.5. The van der Waals surface area contributed by atoms with Crippen molar-refractivity contribution in [1.82, 2.24) is 5.32 Å². The number of pyridine rings is 1. The minimum atomic E-state index is -0.140. The number of nitrogens with zero attached hydrogens (tertiary/aromatic N) is 1. The van der Waals surface area contributed by atoms with Crippen LogP contribution in [0.15, 0.2) is 42.7 Å². The molecule has 4 nitrogen and oxygen atoms in total. The number of ether oxygens (including phenoxy) is 1. The molecule has 0 saturated heterocycles. The van der Waals surface area contributed by atoms with Gasteiger partial charge < -0.3 is 10.1 Å². The third kappa shape index (κ3) is 8.74. The number of nitrogens with one attached hydrogen (secondary N) is 1. The Morgan fingerprint density at radius 2 is 1.77 bits per heavy atom. The van der Waals surface area contributed by atoms with E-state index in [0.717, 1.165) is 18.5 Å². The molecule has 0 bridgehead atoms. The van der Waals surface area contributed by atoms with Crippen molar-refractivity contribution in [2.45, 2.75) is 78.3 Å². The Morgan fingerprint density at radius 3 is 2.47 bits per heavy atom. The summed E-state index contributed by atoms with van der Waals surface area (Å²) in [4.78, 5) is 12.4. The average molecular weight is 432 g/mol. The van der Waals surface area contributed by atoms with E-state index >= 15 is 0 Å². The van der Waals surface area contributed by atoms with Gasteiger partial charge in [-0.2, -0.15) is 0 Å². The molecule has 1 aromatic carbocycles. The summed E-state index contributed by atoms with van der Waals surface area (Å²) in [7, 11) is 0. The van der Waals surface area contributed by atoms with Crippen molar-refractivity contribution in [2.24, 2.45) is 0 Å². The van der Waals surface area contributed by atoms with Gasteiger partial charge in [-0.25, -0.2) is 4.57 Å². The van der Waals surface area contributed by atoms with Crippen molar-refractivity contribution in [3.8, 4) is 5.75 Å². The Labute approximate surface area is 186 Å². The topological polar surface area (TPSA) is 42.2 Å². The van der Waals surface area contributed by atoms with Gasteiger partial charge in [-0.05, 0) is 37.6 Å². The predicted octanol–water partition coefficient (Wildman–Crippen LogP) is 6.10. The second-order valence-electron chi connectivity index (χ2n) is 7.69. The monoisotopic (exact) mass is 431 g/mol. The summed E-state index contributed by atoms with van der Waals surface area (Å²) >= 11 is 6.33. The molecule has 0 saturated carbocycles. The zero-order valence-electron chi connectivity index (χ0n) is 18.5. The number of benzene rings is 1. The maximum Gasteiger partial charge on any atom is 0.251 e. The van der Waals surface area contributed by atoms with E-state index in [1.54, 1.807) is 18.2 Å². The van der Waals surface area contributed by atoms with E-state index in [1.165, 1.54) is 44.9 Å².